The Bertz CT molecular complexity index is 416. The molecule has 3 N–H and O–H groups in total. The van der Waals surface area contributed by atoms with E-state index in [4.69, 9.17) is 5.73 Å². The van der Waals surface area contributed by atoms with E-state index in [0.29, 0.717) is 0 Å². The maximum atomic E-state index is 6.02. The maximum absolute atomic E-state index is 6.02. The van der Waals surface area contributed by atoms with Crippen LogP contribution in [0.3, 0.4) is 0 Å². The van der Waals surface area contributed by atoms with Gasteiger partial charge in [-0.3, -0.25) is 0 Å². The maximum Gasteiger partial charge on any atom is 0.149 e. The van der Waals surface area contributed by atoms with Gasteiger partial charge in [0.25, 0.3) is 0 Å². The SMILES string of the molecule is Cc1ccnc(NCC2CC3CCC2C3)c1N. The molecule has 92 valence electrons. The van der Waals surface area contributed by atoms with Crippen LogP contribution in [0, 0.1) is 24.7 Å². The summed E-state index contributed by atoms with van der Waals surface area (Å²) in [5.41, 5.74) is 7.93. The molecule has 0 aliphatic heterocycles. The second-order valence-corrected chi connectivity index (χ2v) is 5.71. The quantitative estimate of drug-likeness (QED) is 0.841. The zero-order chi connectivity index (χ0) is 11.8. The average Bonchev–Trinajstić information content (AvgIpc) is 2.93. The zero-order valence-electron chi connectivity index (χ0n) is 10.4. The van der Waals surface area contributed by atoms with E-state index >= 15 is 0 Å². The molecule has 0 spiro atoms. The van der Waals surface area contributed by atoms with Gasteiger partial charge in [0.05, 0.1) is 5.69 Å². The van der Waals surface area contributed by atoms with E-state index in [2.05, 4.69) is 10.3 Å². The Hall–Kier alpha value is -1.25. The first-order valence-corrected chi connectivity index (χ1v) is 6.69. The van der Waals surface area contributed by atoms with Gasteiger partial charge in [0.2, 0.25) is 0 Å². The van der Waals surface area contributed by atoms with Crippen LogP contribution in [0.15, 0.2) is 12.3 Å². The van der Waals surface area contributed by atoms with Crippen molar-refractivity contribution in [3.8, 4) is 0 Å². The first kappa shape index (κ1) is 10.9. The Kier molecular flexibility index (Phi) is 2.69. The minimum absolute atomic E-state index is 0.802. The molecule has 17 heavy (non-hydrogen) atoms. The van der Waals surface area contributed by atoms with E-state index in [1.54, 1.807) is 0 Å². The predicted molar refractivity (Wildman–Crippen MR) is 70.8 cm³/mol. The number of nitrogens with zero attached hydrogens (tertiary/aromatic N) is 1. The number of pyridine rings is 1. The van der Waals surface area contributed by atoms with Crippen LogP contribution in [0.5, 0.6) is 0 Å². The Morgan fingerprint density at radius 2 is 2.29 bits per heavy atom. The van der Waals surface area contributed by atoms with Crippen molar-refractivity contribution in [2.24, 2.45) is 17.8 Å². The fraction of sp³-hybridized carbons (Fsp3) is 0.643. The number of rotatable bonds is 3. The van der Waals surface area contributed by atoms with Gasteiger partial charge in [0.1, 0.15) is 5.82 Å². The number of aromatic nitrogens is 1. The third kappa shape index (κ3) is 1.99. The van der Waals surface area contributed by atoms with Crippen LogP contribution in [0.4, 0.5) is 11.5 Å². The van der Waals surface area contributed by atoms with Crippen LogP contribution in [0.25, 0.3) is 0 Å². The molecule has 0 aromatic carbocycles. The molecule has 2 bridgehead atoms. The number of hydrogen-bond acceptors (Lipinski definition) is 3. The monoisotopic (exact) mass is 231 g/mol. The summed E-state index contributed by atoms with van der Waals surface area (Å²) in [6, 6.07) is 1.96. The molecule has 1 heterocycles. The van der Waals surface area contributed by atoms with Crippen LogP contribution in [-0.4, -0.2) is 11.5 Å². The second kappa shape index (κ2) is 4.21. The summed E-state index contributed by atoms with van der Waals surface area (Å²) in [5, 5.41) is 3.44. The minimum Gasteiger partial charge on any atom is -0.396 e. The van der Waals surface area contributed by atoms with Gasteiger partial charge in [-0.25, -0.2) is 4.98 Å². The van der Waals surface area contributed by atoms with Gasteiger partial charge in [-0.2, -0.15) is 0 Å². The van der Waals surface area contributed by atoms with Gasteiger partial charge in [-0.15, -0.1) is 0 Å². The van der Waals surface area contributed by atoms with Crippen molar-refractivity contribution in [1.82, 2.24) is 4.98 Å². The molecular formula is C14H21N3. The number of hydrogen-bond donors (Lipinski definition) is 2. The lowest BCUT2D eigenvalue weighted by Crippen LogP contribution is -2.21. The fourth-order valence-electron chi connectivity index (χ4n) is 3.56. The third-order valence-electron chi connectivity index (χ3n) is 4.62. The minimum atomic E-state index is 0.802. The highest BCUT2D eigenvalue weighted by Gasteiger charge is 2.39. The molecule has 3 unspecified atom stereocenters. The Balaban J connectivity index is 1.62. The predicted octanol–water partition coefficient (Wildman–Crippen LogP) is 2.82. The highest BCUT2D eigenvalue weighted by molar-refractivity contribution is 5.64. The van der Waals surface area contributed by atoms with Gasteiger partial charge in [0, 0.05) is 12.7 Å². The molecule has 0 radical (unpaired) electrons. The number of anilines is 2. The topological polar surface area (TPSA) is 50.9 Å². The number of nitrogen functional groups attached to an aromatic ring is 1. The highest BCUT2D eigenvalue weighted by Crippen LogP contribution is 2.48. The largest absolute Gasteiger partial charge is 0.396 e. The molecule has 0 amide bonds. The van der Waals surface area contributed by atoms with Crippen LogP contribution in [0.1, 0.15) is 31.2 Å². The number of nitrogens with two attached hydrogens (primary N) is 1. The summed E-state index contributed by atoms with van der Waals surface area (Å²) < 4.78 is 0. The second-order valence-electron chi connectivity index (χ2n) is 5.71. The van der Waals surface area contributed by atoms with Gasteiger partial charge >= 0.3 is 0 Å². The molecule has 1 aromatic heterocycles. The molecule has 3 heteroatoms. The van der Waals surface area contributed by atoms with Crippen molar-refractivity contribution in [2.45, 2.75) is 32.6 Å². The smallest absolute Gasteiger partial charge is 0.149 e. The number of nitrogens with one attached hydrogen (secondary N) is 1. The molecule has 3 atom stereocenters. The lowest BCUT2D eigenvalue weighted by Gasteiger charge is -2.22. The summed E-state index contributed by atoms with van der Waals surface area (Å²) in [6.07, 6.45) is 7.60. The van der Waals surface area contributed by atoms with Crippen molar-refractivity contribution in [1.29, 1.82) is 0 Å². The summed E-state index contributed by atoms with van der Waals surface area (Å²) in [7, 11) is 0. The van der Waals surface area contributed by atoms with E-state index in [0.717, 1.165) is 41.4 Å². The molecule has 2 saturated carbocycles. The standard InChI is InChI=1S/C14H21N3/c1-9-4-5-16-14(13(9)15)17-8-12-7-10-2-3-11(12)6-10/h4-5,10-12H,2-3,6-8,15H2,1H3,(H,16,17). The lowest BCUT2D eigenvalue weighted by atomic mass is 9.89. The zero-order valence-corrected chi connectivity index (χ0v) is 10.4. The van der Waals surface area contributed by atoms with E-state index < -0.39 is 0 Å². The Morgan fingerprint density at radius 1 is 1.41 bits per heavy atom. The van der Waals surface area contributed by atoms with E-state index in [9.17, 15) is 0 Å². The van der Waals surface area contributed by atoms with E-state index in [-0.39, 0.29) is 0 Å². The molecule has 3 nitrogen and oxygen atoms in total. The molecule has 2 aliphatic carbocycles. The lowest BCUT2D eigenvalue weighted by molar-refractivity contribution is 0.348. The van der Waals surface area contributed by atoms with Crippen molar-refractivity contribution in [3.63, 3.8) is 0 Å². The molecule has 1 aromatic rings. The Morgan fingerprint density at radius 3 is 3.00 bits per heavy atom. The number of fused-ring (bicyclic) bond motifs is 2. The first-order chi connectivity index (χ1) is 8.24. The van der Waals surface area contributed by atoms with Crippen molar-refractivity contribution in [3.05, 3.63) is 17.8 Å². The van der Waals surface area contributed by atoms with E-state index in [1.165, 1.54) is 25.7 Å². The average molecular weight is 231 g/mol. The molecule has 3 rings (SSSR count). The molecule has 0 saturated heterocycles. The first-order valence-electron chi connectivity index (χ1n) is 6.69. The van der Waals surface area contributed by atoms with Gasteiger partial charge < -0.3 is 11.1 Å². The van der Waals surface area contributed by atoms with E-state index in [1.807, 2.05) is 19.2 Å². The fourth-order valence-corrected chi connectivity index (χ4v) is 3.56. The normalized spacial score (nSPS) is 30.8. The van der Waals surface area contributed by atoms with Crippen LogP contribution in [0.2, 0.25) is 0 Å². The van der Waals surface area contributed by atoms with Crippen LogP contribution >= 0.6 is 0 Å². The third-order valence-corrected chi connectivity index (χ3v) is 4.62. The summed E-state index contributed by atoms with van der Waals surface area (Å²) >= 11 is 0. The van der Waals surface area contributed by atoms with Gasteiger partial charge in [-0.05, 0) is 55.6 Å². The highest BCUT2D eigenvalue weighted by atomic mass is 15.0. The number of aryl methyl sites for hydroxylation is 1. The molecular weight excluding hydrogens is 210 g/mol. The van der Waals surface area contributed by atoms with Gasteiger partial charge in [0.15, 0.2) is 0 Å². The summed E-state index contributed by atoms with van der Waals surface area (Å²) in [4.78, 5) is 4.33. The van der Waals surface area contributed by atoms with Crippen molar-refractivity contribution in [2.75, 3.05) is 17.6 Å². The van der Waals surface area contributed by atoms with Crippen molar-refractivity contribution >= 4 is 11.5 Å². The molecule has 2 aliphatic rings. The summed E-state index contributed by atoms with van der Waals surface area (Å²) in [5.74, 6) is 3.68. The summed E-state index contributed by atoms with van der Waals surface area (Å²) in [6.45, 7) is 3.07. The van der Waals surface area contributed by atoms with Crippen LogP contribution < -0.4 is 11.1 Å². The van der Waals surface area contributed by atoms with Crippen LogP contribution in [-0.2, 0) is 0 Å². The van der Waals surface area contributed by atoms with Crippen molar-refractivity contribution < 1.29 is 0 Å². The van der Waals surface area contributed by atoms with Gasteiger partial charge in [-0.1, -0.05) is 6.42 Å². The Labute approximate surface area is 103 Å². The molecule has 2 fully saturated rings.